The first kappa shape index (κ1) is 18.8. The second-order valence-electron chi connectivity index (χ2n) is 7.52. The summed E-state index contributed by atoms with van der Waals surface area (Å²) in [5.41, 5.74) is 3.58. The van der Waals surface area contributed by atoms with Crippen LogP contribution in [0.3, 0.4) is 0 Å². The van der Waals surface area contributed by atoms with E-state index < -0.39 is 0 Å². The molecule has 0 aliphatic carbocycles. The molecule has 2 aliphatic heterocycles. The molecule has 4 rings (SSSR count). The molecular weight excluding hydrogens is 379 g/mol. The summed E-state index contributed by atoms with van der Waals surface area (Å²) in [5, 5.41) is 1.19. The lowest BCUT2D eigenvalue weighted by Crippen LogP contribution is -2.44. The first-order valence-corrected chi connectivity index (χ1v) is 10.4. The lowest BCUT2D eigenvalue weighted by molar-refractivity contribution is -0.123. The molecule has 0 N–H and O–H groups in total. The Balaban J connectivity index is 1.36. The number of benzene rings is 2. The molecule has 2 aromatic rings. The molecule has 1 amide bonds. The molecule has 0 unspecified atom stereocenters. The monoisotopic (exact) mass is 402 g/mol. The molecule has 0 spiro atoms. The number of hydrogen-bond donors (Lipinski definition) is 0. The highest BCUT2D eigenvalue weighted by molar-refractivity contribution is 6.42. The van der Waals surface area contributed by atoms with Gasteiger partial charge in [-0.25, -0.2) is 0 Å². The minimum absolute atomic E-state index is 0.126. The molecule has 0 aromatic heterocycles. The van der Waals surface area contributed by atoms with Gasteiger partial charge in [0, 0.05) is 24.7 Å². The fourth-order valence-corrected chi connectivity index (χ4v) is 4.54. The van der Waals surface area contributed by atoms with E-state index in [0.717, 1.165) is 57.5 Å². The van der Waals surface area contributed by atoms with Crippen molar-refractivity contribution < 1.29 is 4.79 Å². The van der Waals surface area contributed by atoms with Gasteiger partial charge in [-0.1, -0.05) is 47.5 Å². The van der Waals surface area contributed by atoms with Crippen LogP contribution in [0.2, 0.25) is 10.0 Å². The van der Waals surface area contributed by atoms with Crippen molar-refractivity contribution in [2.75, 3.05) is 24.5 Å². The number of likely N-dealkylation sites (tertiary alicyclic amines) is 1. The van der Waals surface area contributed by atoms with E-state index in [4.69, 9.17) is 23.2 Å². The molecule has 0 atom stereocenters. The minimum Gasteiger partial charge on any atom is -0.312 e. The van der Waals surface area contributed by atoms with E-state index in [0.29, 0.717) is 16.0 Å². The van der Waals surface area contributed by atoms with Gasteiger partial charge in [0.05, 0.1) is 10.0 Å². The summed E-state index contributed by atoms with van der Waals surface area (Å²) in [7, 11) is 0. The number of fused-ring (bicyclic) bond motifs is 1. The van der Waals surface area contributed by atoms with Crippen LogP contribution in [0, 0.1) is 5.92 Å². The van der Waals surface area contributed by atoms with E-state index in [-0.39, 0.29) is 5.92 Å². The van der Waals surface area contributed by atoms with Crippen molar-refractivity contribution in [1.29, 1.82) is 0 Å². The molecule has 2 aromatic carbocycles. The smallest absolute Gasteiger partial charge is 0.230 e. The Hall–Kier alpha value is -1.55. The molecule has 1 fully saturated rings. The molecule has 142 valence electrons. The van der Waals surface area contributed by atoms with E-state index in [1.54, 1.807) is 0 Å². The third-order valence-electron chi connectivity index (χ3n) is 5.70. The van der Waals surface area contributed by atoms with Crippen molar-refractivity contribution in [2.24, 2.45) is 5.92 Å². The molecule has 0 bridgehead atoms. The maximum absolute atomic E-state index is 13.1. The molecular formula is C22H24Cl2N2O. The summed E-state index contributed by atoms with van der Waals surface area (Å²) in [6.07, 6.45) is 3.96. The average Bonchev–Trinajstić information content (AvgIpc) is 2.70. The fourth-order valence-electron chi connectivity index (χ4n) is 4.22. The van der Waals surface area contributed by atoms with Gasteiger partial charge in [0.1, 0.15) is 0 Å². The fraction of sp³-hybridized carbons (Fsp3) is 0.409. The van der Waals surface area contributed by atoms with Crippen LogP contribution in [-0.2, 0) is 17.8 Å². The Bertz CT molecular complexity index is 831. The third-order valence-corrected chi connectivity index (χ3v) is 6.44. The summed E-state index contributed by atoms with van der Waals surface area (Å²) < 4.78 is 0. The zero-order valence-corrected chi connectivity index (χ0v) is 16.8. The van der Waals surface area contributed by atoms with Crippen molar-refractivity contribution in [3.05, 3.63) is 63.6 Å². The zero-order valence-electron chi connectivity index (χ0n) is 15.3. The number of aryl methyl sites for hydroxylation is 1. The number of nitrogens with zero attached hydrogens (tertiary/aromatic N) is 2. The van der Waals surface area contributed by atoms with Crippen molar-refractivity contribution in [3.8, 4) is 0 Å². The van der Waals surface area contributed by atoms with Crippen LogP contribution < -0.4 is 4.90 Å². The highest BCUT2D eigenvalue weighted by Crippen LogP contribution is 2.31. The van der Waals surface area contributed by atoms with Gasteiger partial charge in [-0.05, 0) is 68.1 Å². The van der Waals surface area contributed by atoms with E-state index in [1.807, 2.05) is 29.2 Å². The zero-order chi connectivity index (χ0) is 18.8. The summed E-state index contributed by atoms with van der Waals surface area (Å²) >= 11 is 12.1. The number of anilines is 1. The van der Waals surface area contributed by atoms with Crippen molar-refractivity contribution in [2.45, 2.75) is 32.2 Å². The van der Waals surface area contributed by atoms with E-state index >= 15 is 0 Å². The van der Waals surface area contributed by atoms with Crippen molar-refractivity contribution in [1.82, 2.24) is 4.90 Å². The largest absolute Gasteiger partial charge is 0.312 e. The Morgan fingerprint density at radius 2 is 1.78 bits per heavy atom. The predicted octanol–water partition coefficient (Wildman–Crippen LogP) is 5.18. The lowest BCUT2D eigenvalue weighted by atomic mass is 9.93. The number of amides is 1. The summed E-state index contributed by atoms with van der Waals surface area (Å²) in [6, 6.07) is 14.1. The van der Waals surface area contributed by atoms with Gasteiger partial charge in [-0.2, -0.15) is 0 Å². The number of para-hydroxylation sites is 1. The molecule has 2 heterocycles. The van der Waals surface area contributed by atoms with Gasteiger partial charge in [0.25, 0.3) is 0 Å². The SMILES string of the molecule is O=C(C1CCN(Cc2ccc(Cl)c(Cl)c2)CC1)N1CCCc2ccccc21. The van der Waals surface area contributed by atoms with Gasteiger partial charge >= 0.3 is 0 Å². The molecule has 0 radical (unpaired) electrons. The highest BCUT2D eigenvalue weighted by Gasteiger charge is 2.31. The van der Waals surface area contributed by atoms with Crippen LogP contribution >= 0.6 is 23.2 Å². The van der Waals surface area contributed by atoms with Crippen molar-refractivity contribution in [3.63, 3.8) is 0 Å². The minimum atomic E-state index is 0.126. The number of piperidine rings is 1. The van der Waals surface area contributed by atoms with Crippen LogP contribution in [-0.4, -0.2) is 30.4 Å². The van der Waals surface area contributed by atoms with E-state index in [9.17, 15) is 4.79 Å². The first-order valence-electron chi connectivity index (χ1n) is 9.67. The van der Waals surface area contributed by atoms with Crippen LogP contribution in [0.25, 0.3) is 0 Å². The summed E-state index contributed by atoms with van der Waals surface area (Å²) in [6.45, 7) is 3.57. The quantitative estimate of drug-likeness (QED) is 0.705. The van der Waals surface area contributed by atoms with Crippen LogP contribution in [0.15, 0.2) is 42.5 Å². The standard InChI is InChI=1S/C22H24Cl2N2O/c23-19-8-7-16(14-20(19)24)15-25-12-9-18(10-13-25)22(27)26-11-3-5-17-4-1-2-6-21(17)26/h1-2,4,6-8,14,18H,3,5,9-13,15H2. The van der Waals surface area contributed by atoms with Crippen LogP contribution in [0.1, 0.15) is 30.4 Å². The third kappa shape index (κ3) is 4.16. The van der Waals surface area contributed by atoms with Crippen molar-refractivity contribution >= 4 is 34.8 Å². The molecule has 2 aliphatic rings. The Kier molecular flexibility index (Phi) is 5.72. The number of hydrogen-bond acceptors (Lipinski definition) is 2. The van der Waals surface area contributed by atoms with E-state index in [2.05, 4.69) is 23.1 Å². The van der Waals surface area contributed by atoms with Gasteiger partial charge < -0.3 is 4.90 Å². The second-order valence-corrected chi connectivity index (χ2v) is 8.34. The Morgan fingerprint density at radius 3 is 2.56 bits per heavy atom. The average molecular weight is 403 g/mol. The number of rotatable bonds is 3. The molecule has 0 saturated carbocycles. The highest BCUT2D eigenvalue weighted by atomic mass is 35.5. The molecule has 5 heteroatoms. The molecule has 1 saturated heterocycles. The summed E-state index contributed by atoms with van der Waals surface area (Å²) in [4.78, 5) is 17.6. The number of carbonyl (C=O) groups is 1. The predicted molar refractivity (Wildman–Crippen MR) is 112 cm³/mol. The molecule has 27 heavy (non-hydrogen) atoms. The van der Waals surface area contributed by atoms with Gasteiger partial charge in [-0.15, -0.1) is 0 Å². The molecule has 3 nitrogen and oxygen atoms in total. The van der Waals surface area contributed by atoms with Crippen LogP contribution in [0.4, 0.5) is 5.69 Å². The number of halogens is 2. The second kappa shape index (κ2) is 8.22. The normalized spacial score (nSPS) is 18.4. The Morgan fingerprint density at radius 1 is 1.00 bits per heavy atom. The van der Waals surface area contributed by atoms with Crippen LogP contribution in [0.5, 0.6) is 0 Å². The maximum atomic E-state index is 13.1. The van der Waals surface area contributed by atoms with Gasteiger partial charge in [0.15, 0.2) is 0 Å². The topological polar surface area (TPSA) is 23.6 Å². The summed E-state index contributed by atoms with van der Waals surface area (Å²) in [5.74, 6) is 0.428. The van der Waals surface area contributed by atoms with E-state index in [1.165, 1.54) is 11.1 Å². The van der Waals surface area contributed by atoms with Gasteiger partial charge in [0.2, 0.25) is 5.91 Å². The lowest BCUT2D eigenvalue weighted by Gasteiger charge is -2.36. The number of carbonyl (C=O) groups excluding carboxylic acids is 1. The maximum Gasteiger partial charge on any atom is 0.230 e. The van der Waals surface area contributed by atoms with Gasteiger partial charge in [-0.3, -0.25) is 9.69 Å². The first-order chi connectivity index (χ1) is 13.1. The Labute approximate surface area is 170 Å².